The summed E-state index contributed by atoms with van der Waals surface area (Å²) in [7, 11) is 3.78. The van der Waals surface area contributed by atoms with Crippen molar-refractivity contribution in [3.05, 3.63) is 54.1 Å². The topological polar surface area (TPSA) is 62.3 Å². The number of benzene rings is 2. The molecule has 2 heterocycles. The Morgan fingerprint density at radius 1 is 0.971 bits per heavy atom. The zero-order valence-corrected chi connectivity index (χ0v) is 21.1. The second-order valence-corrected chi connectivity index (χ2v) is 9.46. The number of methoxy groups -OCH3 is 1. The second kappa shape index (κ2) is 11.6. The summed E-state index contributed by atoms with van der Waals surface area (Å²) in [6.07, 6.45) is 4.70. The van der Waals surface area contributed by atoms with Gasteiger partial charge in [0.05, 0.1) is 7.11 Å². The number of anilines is 1. The highest BCUT2D eigenvalue weighted by Gasteiger charge is 2.32. The molecule has 7 heteroatoms. The van der Waals surface area contributed by atoms with Gasteiger partial charge >= 0.3 is 0 Å². The molecule has 2 aliphatic rings. The molecule has 2 atom stereocenters. The quantitative estimate of drug-likeness (QED) is 0.646. The summed E-state index contributed by atoms with van der Waals surface area (Å²) in [5, 5.41) is 0. The Morgan fingerprint density at radius 2 is 1.74 bits per heavy atom. The Kier molecular flexibility index (Phi) is 8.29. The van der Waals surface area contributed by atoms with Gasteiger partial charge in [-0.05, 0) is 50.1 Å². The lowest BCUT2D eigenvalue weighted by molar-refractivity contribution is -0.135. The van der Waals surface area contributed by atoms with Crippen LogP contribution in [0.4, 0.5) is 5.69 Å². The minimum atomic E-state index is -0.0641. The molecule has 7 nitrogen and oxygen atoms in total. The van der Waals surface area contributed by atoms with Crippen molar-refractivity contribution in [3.63, 3.8) is 0 Å². The maximum absolute atomic E-state index is 13.5. The van der Waals surface area contributed by atoms with Gasteiger partial charge in [0.2, 0.25) is 5.91 Å². The molecule has 35 heavy (non-hydrogen) atoms. The van der Waals surface area contributed by atoms with Crippen LogP contribution in [-0.2, 0) is 16.1 Å². The number of nitrogens with zero attached hydrogens (tertiary/aromatic N) is 3. The van der Waals surface area contributed by atoms with Crippen molar-refractivity contribution in [1.82, 2.24) is 9.80 Å². The molecule has 2 aromatic carbocycles. The van der Waals surface area contributed by atoms with Gasteiger partial charge in [-0.3, -0.25) is 14.5 Å². The van der Waals surface area contributed by atoms with Gasteiger partial charge < -0.3 is 19.3 Å². The number of piperidine rings is 1. The number of carbonyl (C=O) groups excluding carboxylic acids is 2. The van der Waals surface area contributed by atoms with Crippen molar-refractivity contribution in [2.24, 2.45) is 0 Å². The van der Waals surface area contributed by atoms with Crippen LogP contribution >= 0.6 is 0 Å². The molecule has 4 rings (SSSR count). The first-order valence-electron chi connectivity index (χ1n) is 12.6. The van der Waals surface area contributed by atoms with Crippen LogP contribution < -0.4 is 14.4 Å². The fourth-order valence-corrected chi connectivity index (χ4v) is 5.26. The number of amides is 2. The Bertz CT molecular complexity index is 1030. The van der Waals surface area contributed by atoms with Crippen LogP contribution in [0.25, 0.3) is 0 Å². The normalized spacial score (nSPS) is 21.0. The zero-order valence-electron chi connectivity index (χ0n) is 21.1. The van der Waals surface area contributed by atoms with Gasteiger partial charge in [0.1, 0.15) is 11.5 Å². The molecule has 2 amide bonds. The van der Waals surface area contributed by atoms with E-state index in [-0.39, 0.29) is 24.5 Å². The summed E-state index contributed by atoms with van der Waals surface area (Å²) in [4.78, 5) is 32.7. The minimum absolute atomic E-state index is 0.0488. The molecule has 188 valence electrons. The van der Waals surface area contributed by atoms with Crippen LogP contribution in [0.5, 0.6) is 11.5 Å². The monoisotopic (exact) mass is 479 g/mol. The Balaban J connectivity index is 1.62. The molecule has 0 spiro atoms. The first-order valence-corrected chi connectivity index (χ1v) is 12.6. The number of likely N-dealkylation sites (N-methyl/N-ethyl adjacent to an activating group) is 1. The van der Waals surface area contributed by atoms with E-state index in [1.165, 1.54) is 0 Å². The summed E-state index contributed by atoms with van der Waals surface area (Å²) < 4.78 is 11.1. The van der Waals surface area contributed by atoms with E-state index in [0.717, 1.165) is 36.9 Å². The fraction of sp³-hybridized carbons (Fsp3) is 0.500. The Morgan fingerprint density at radius 3 is 2.54 bits per heavy atom. The van der Waals surface area contributed by atoms with Crippen molar-refractivity contribution < 1.29 is 19.1 Å². The molecule has 0 radical (unpaired) electrons. The summed E-state index contributed by atoms with van der Waals surface area (Å²) in [6, 6.07) is 16.0. The predicted molar refractivity (Wildman–Crippen MR) is 137 cm³/mol. The van der Waals surface area contributed by atoms with Crippen LogP contribution in [0.2, 0.25) is 0 Å². The van der Waals surface area contributed by atoms with E-state index >= 15 is 0 Å². The number of hydrogen-bond donors (Lipinski definition) is 0. The molecule has 0 aliphatic carbocycles. The zero-order chi connectivity index (χ0) is 24.8. The van der Waals surface area contributed by atoms with Crippen molar-refractivity contribution >= 4 is 17.5 Å². The average molecular weight is 480 g/mol. The third-order valence-electron chi connectivity index (χ3n) is 7.35. The van der Waals surface area contributed by atoms with Crippen LogP contribution in [-0.4, -0.2) is 67.6 Å². The average Bonchev–Trinajstić information content (AvgIpc) is 2.90. The van der Waals surface area contributed by atoms with E-state index in [1.54, 1.807) is 13.2 Å². The highest BCUT2D eigenvalue weighted by atomic mass is 16.5. The second-order valence-electron chi connectivity index (χ2n) is 9.46. The predicted octanol–water partition coefficient (Wildman–Crippen LogP) is 4.10. The first-order chi connectivity index (χ1) is 17.0. The lowest BCUT2D eigenvalue weighted by atomic mass is 9.93. The molecule has 0 saturated carbocycles. The minimum Gasteiger partial charge on any atom is -0.497 e. The van der Waals surface area contributed by atoms with Crippen molar-refractivity contribution in [3.8, 4) is 11.5 Å². The van der Waals surface area contributed by atoms with Crippen LogP contribution in [0.15, 0.2) is 48.5 Å². The lowest BCUT2D eigenvalue weighted by Gasteiger charge is -2.41. The molecular formula is C28H37N3O4. The van der Waals surface area contributed by atoms with Gasteiger partial charge in [-0.25, -0.2) is 0 Å². The molecular weight excluding hydrogens is 442 g/mol. The number of ether oxygens (including phenoxy) is 2. The largest absolute Gasteiger partial charge is 0.497 e. The van der Waals surface area contributed by atoms with Gasteiger partial charge in [0.15, 0.2) is 6.61 Å². The number of carbonyl (C=O) groups is 2. The van der Waals surface area contributed by atoms with E-state index in [9.17, 15) is 9.59 Å². The van der Waals surface area contributed by atoms with Crippen molar-refractivity contribution in [1.29, 1.82) is 0 Å². The Hall–Kier alpha value is -3.06. The fourth-order valence-electron chi connectivity index (χ4n) is 5.26. The summed E-state index contributed by atoms with van der Waals surface area (Å²) in [5.41, 5.74) is 1.90. The molecule has 0 aromatic heterocycles. The maximum atomic E-state index is 13.5. The van der Waals surface area contributed by atoms with Gasteiger partial charge in [-0.2, -0.15) is 0 Å². The molecule has 1 fully saturated rings. The number of rotatable bonds is 5. The maximum Gasteiger partial charge on any atom is 0.260 e. The molecule has 1 saturated heterocycles. The lowest BCUT2D eigenvalue weighted by Crippen LogP contribution is -2.51. The molecule has 0 N–H and O–H groups in total. The Labute approximate surface area is 208 Å². The highest BCUT2D eigenvalue weighted by Crippen LogP contribution is 2.30. The van der Waals surface area contributed by atoms with E-state index in [1.807, 2.05) is 59.2 Å². The number of hydrogen-bond acceptors (Lipinski definition) is 5. The van der Waals surface area contributed by atoms with Gasteiger partial charge in [-0.1, -0.05) is 37.6 Å². The standard InChI is InChI=1S/C28H37N3O4/c1-4-27(32)31-16-15-22-10-7-11-23(29(22)2)19-30(18-21-9-5-6-14-26(21)31)28(33)20-35-25-13-8-12-24(17-25)34-3/h5-6,8-9,12-14,17,22-23H,4,7,10-11,15-16,18-20H2,1-3H3. The van der Waals surface area contributed by atoms with Gasteiger partial charge in [0.25, 0.3) is 5.91 Å². The number of para-hydroxylation sites is 1. The summed E-state index contributed by atoms with van der Waals surface area (Å²) in [5.74, 6) is 1.34. The van der Waals surface area contributed by atoms with E-state index in [2.05, 4.69) is 11.9 Å². The summed E-state index contributed by atoms with van der Waals surface area (Å²) in [6.45, 7) is 3.64. The van der Waals surface area contributed by atoms with Crippen molar-refractivity contribution in [2.75, 3.05) is 38.8 Å². The third kappa shape index (κ3) is 5.96. The smallest absolute Gasteiger partial charge is 0.260 e. The van der Waals surface area contributed by atoms with Crippen LogP contribution in [0.3, 0.4) is 0 Å². The van der Waals surface area contributed by atoms with Crippen LogP contribution in [0, 0.1) is 0 Å². The van der Waals surface area contributed by atoms with E-state index in [0.29, 0.717) is 43.6 Å². The molecule has 2 aromatic rings. The highest BCUT2D eigenvalue weighted by molar-refractivity contribution is 5.94. The van der Waals surface area contributed by atoms with E-state index in [4.69, 9.17) is 9.47 Å². The molecule has 2 unspecified atom stereocenters. The first kappa shape index (κ1) is 25.0. The van der Waals surface area contributed by atoms with Gasteiger partial charge in [0, 0.05) is 49.9 Å². The summed E-state index contributed by atoms with van der Waals surface area (Å²) >= 11 is 0. The molecule has 2 aliphatic heterocycles. The van der Waals surface area contributed by atoms with Crippen LogP contribution in [0.1, 0.15) is 44.6 Å². The van der Waals surface area contributed by atoms with E-state index < -0.39 is 0 Å². The van der Waals surface area contributed by atoms with Gasteiger partial charge in [-0.15, -0.1) is 0 Å². The third-order valence-corrected chi connectivity index (χ3v) is 7.35. The molecule has 2 bridgehead atoms. The number of fused-ring (bicyclic) bond motifs is 3. The van der Waals surface area contributed by atoms with Crippen molar-refractivity contribution in [2.45, 2.75) is 57.7 Å². The SMILES string of the molecule is CCC(=O)N1CCC2CCCC(CN(C(=O)COc3cccc(OC)c3)Cc3ccccc31)N2C.